The molecule has 2 N–H and O–H groups in total. The molecule has 4 nitrogen and oxygen atoms in total. The molecule has 0 spiro atoms. The van der Waals surface area contributed by atoms with Crippen LogP contribution in [0.2, 0.25) is 0 Å². The highest BCUT2D eigenvalue weighted by molar-refractivity contribution is 5.78. The summed E-state index contributed by atoms with van der Waals surface area (Å²) in [5.74, 6) is 1.03. The summed E-state index contributed by atoms with van der Waals surface area (Å²) in [5.41, 5.74) is 0. The molecule has 1 amide bonds. The maximum absolute atomic E-state index is 12.2. The van der Waals surface area contributed by atoms with Gasteiger partial charge in [-0.2, -0.15) is 0 Å². The summed E-state index contributed by atoms with van der Waals surface area (Å²) in [6.45, 7) is 8.29. The standard InChI is InChI=1S/C16H29N3O/c1-3-4-5-6-9-17-12-16(20)19-10-7-8-15(19)18-14-11-13(14)2/h3,13-15,17-18H,1,4-12H2,2H3/t13-,14?,15?/m0/s1. The molecule has 1 heterocycles. The van der Waals surface area contributed by atoms with Gasteiger partial charge in [0.25, 0.3) is 0 Å². The molecule has 0 bridgehead atoms. The minimum absolute atomic E-state index is 0.247. The number of likely N-dealkylation sites (tertiary alicyclic amines) is 1. The van der Waals surface area contributed by atoms with Gasteiger partial charge in [-0.05, 0) is 51.0 Å². The van der Waals surface area contributed by atoms with Crippen LogP contribution in [0.4, 0.5) is 0 Å². The van der Waals surface area contributed by atoms with Gasteiger partial charge in [0, 0.05) is 12.6 Å². The summed E-state index contributed by atoms with van der Waals surface area (Å²) in [6, 6.07) is 0.639. The Morgan fingerprint density at radius 1 is 1.45 bits per heavy atom. The molecule has 114 valence electrons. The van der Waals surface area contributed by atoms with Crippen LogP contribution in [0, 0.1) is 5.92 Å². The predicted octanol–water partition coefficient (Wildman–Crippen LogP) is 1.88. The van der Waals surface area contributed by atoms with E-state index in [0.29, 0.717) is 12.6 Å². The second-order valence-corrected chi connectivity index (χ2v) is 6.19. The molecular formula is C16H29N3O. The van der Waals surface area contributed by atoms with Gasteiger partial charge in [0.15, 0.2) is 0 Å². The van der Waals surface area contributed by atoms with Gasteiger partial charge in [-0.15, -0.1) is 6.58 Å². The van der Waals surface area contributed by atoms with Gasteiger partial charge >= 0.3 is 0 Å². The van der Waals surface area contributed by atoms with Gasteiger partial charge in [-0.1, -0.05) is 13.0 Å². The Bertz CT molecular complexity index is 332. The molecule has 4 heteroatoms. The van der Waals surface area contributed by atoms with Gasteiger partial charge < -0.3 is 10.2 Å². The van der Waals surface area contributed by atoms with E-state index in [1.807, 2.05) is 11.0 Å². The van der Waals surface area contributed by atoms with E-state index in [9.17, 15) is 4.79 Å². The van der Waals surface area contributed by atoms with Crippen LogP contribution in [0.5, 0.6) is 0 Å². The molecule has 1 aliphatic carbocycles. The highest BCUT2D eigenvalue weighted by Gasteiger charge is 2.37. The summed E-state index contributed by atoms with van der Waals surface area (Å²) in [5, 5.41) is 6.88. The lowest BCUT2D eigenvalue weighted by Gasteiger charge is -2.26. The first kappa shape index (κ1) is 15.5. The van der Waals surface area contributed by atoms with Gasteiger partial charge in [0.1, 0.15) is 0 Å². The van der Waals surface area contributed by atoms with Crippen molar-refractivity contribution in [2.75, 3.05) is 19.6 Å². The molecule has 1 saturated heterocycles. The van der Waals surface area contributed by atoms with E-state index in [1.54, 1.807) is 0 Å². The summed E-state index contributed by atoms with van der Waals surface area (Å²) < 4.78 is 0. The molecular weight excluding hydrogens is 250 g/mol. The number of hydrogen-bond acceptors (Lipinski definition) is 3. The highest BCUT2D eigenvalue weighted by Crippen LogP contribution is 2.31. The number of amides is 1. The van der Waals surface area contributed by atoms with Crippen molar-refractivity contribution in [1.82, 2.24) is 15.5 Å². The lowest BCUT2D eigenvalue weighted by molar-refractivity contribution is -0.131. The number of unbranched alkanes of at least 4 members (excludes halogenated alkanes) is 2. The second-order valence-electron chi connectivity index (χ2n) is 6.19. The van der Waals surface area contributed by atoms with Crippen molar-refractivity contribution in [3.63, 3.8) is 0 Å². The lowest BCUT2D eigenvalue weighted by Crippen LogP contribution is -2.48. The van der Waals surface area contributed by atoms with Gasteiger partial charge in [0.05, 0.1) is 12.7 Å². The highest BCUT2D eigenvalue weighted by atomic mass is 16.2. The average molecular weight is 279 g/mol. The van der Waals surface area contributed by atoms with Gasteiger partial charge in [-0.3, -0.25) is 10.1 Å². The van der Waals surface area contributed by atoms with Crippen LogP contribution in [0.1, 0.15) is 45.4 Å². The van der Waals surface area contributed by atoms with Crippen LogP contribution in [0.3, 0.4) is 0 Å². The summed E-state index contributed by atoms with van der Waals surface area (Å²) in [4.78, 5) is 14.3. The molecule has 20 heavy (non-hydrogen) atoms. The van der Waals surface area contributed by atoms with Crippen molar-refractivity contribution >= 4 is 5.91 Å². The average Bonchev–Trinajstić information content (AvgIpc) is 2.93. The van der Waals surface area contributed by atoms with Crippen molar-refractivity contribution in [1.29, 1.82) is 0 Å². The molecule has 2 unspecified atom stereocenters. The first-order valence-corrected chi connectivity index (χ1v) is 8.09. The van der Waals surface area contributed by atoms with Crippen LogP contribution < -0.4 is 10.6 Å². The monoisotopic (exact) mass is 279 g/mol. The zero-order valence-corrected chi connectivity index (χ0v) is 12.7. The molecule has 0 aromatic rings. The number of carbonyl (C=O) groups is 1. The summed E-state index contributed by atoms with van der Waals surface area (Å²) in [6.07, 6.45) is 9.05. The van der Waals surface area contributed by atoms with Crippen LogP contribution in [0.15, 0.2) is 12.7 Å². The Morgan fingerprint density at radius 3 is 2.95 bits per heavy atom. The van der Waals surface area contributed by atoms with E-state index in [-0.39, 0.29) is 12.1 Å². The fourth-order valence-electron chi connectivity index (χ4n) is 2.88. The lowest BCUT2D eigenvalue weighted by atomic mass is 10.2. The number of allylic oxidation sites excluding steroid dienone is 1. The first-order chi connectivity index (χ1) is 9.72. The normalized spacial score (nSPS) is 28.6. The Kier molecular flexibility index (Phi) is 6.05. The Labute approximate surface area is 123 Å². The van der Waals surface area contributed by atoms with Crippen molar-refractivity contribution in [3.05, 3.63) is 12.7 Å². The first-order valence-electron chi connectivity index (χ1n) is 8.09. The molecule has 2 aliphatic rings. The fourth-order valence-corrected chi connectivity index (χ4v) is 2.88. The number of hydrogen-bond donors (Lipinski definition) is 2. The molecule has 0 aromatic heterocycles. The van der Waals surface area contributed by atoms with E-state index in [2.05, 4.69) is 24.1 Å². The van der Waals surface area contributed by atoms with E-state index in [1.165, 1.54) is 6.42 Å². The molecule has 0 aromatic carbocycles. The molecule has 3 atom stereocenters. The van der Waals surface area contributed by atoms with E-state index in [0.717, 1.165) is 51.1 Å². The Hall–Kier alpha value is -0.870. The van der Waals surface area contributed by atoms with Crippen molar-refractivity contribution in [2.45, 2.75) is 57.7 Å². The Balaban J connectivity index is 1.62. The van der Waals surface area contributed by atoms with Gasteiger partial charge in [-0.25, -0.2) is 0 Å². The van der Waals surface area contributed by atoms with Crippen molar-refractivity contribution in [3.8, 4) is 0 Å². The van der Waals surface area contributed by atoms with Crippen LogP contribution in [0.25, 0.3) is 0 Å². The maximum atomic E-state index is 12.2. The predicted molar refractivity (Wildman–Crippen MR) is 82.4 cm³/mol. The zero-order valence-electron chi connectivity index (χ0n) is 12.7. The smallest absolute Gasteiger partial charge is 0.237 e. The minimum atomic E-state index is 0.247. The third kappa shape index (κ3) is 4.60. The molecule has 0 radical (unpaired) electrons. The van der Waals surface area contributed by atoms with Crippen molar-refractivity contribution < 1.29 is 4.79 Å². The number of carbonyl (C=O) groups excluding carboxylic acids is 1. The zero-order chi connectivity index (χ0) is 14.4. The van der Waals surface area contributed by atoms with Gasteiger partial charge in [0.2, 0.25) is 5.91 Å². The largest absolute Gasteiger partial charge is 0.326 e. The minimum Gasteiger partial charge on any atom is -0.326 e. The van der Waals surface area contributed by atoms with Crippen LogP contribution >= 0.6 is 0 Å². The number of nitrogens with one attached hydrogen (secondary N) is 2. The number of nitrogens with zero attached hydrogens (tertiary/aromatic N) is 1. The quantitative estimate of drug-likeness (QED) is 0.500. The SMILES string of the molecule is C=CCCCCNCC(=O)N1CCCC1NC1C[C@@H]1C. The van der Waals surface area contributed by atoms with E-state index >= 15 is 0 Å². The van der Waals surface area contributed by atoms with E-state index in [4.69, 9.17) is 0 Å². The fraction of sp³-hybridized carbons (Fsp3) is 0.812. The van der Waals surface area contributed by atoms with Crippen LogP contribution in [-0.4, -0.2) is 42.6 Å². The number of rotatable bonds is 9. The molecule has 1 aliphatic heterocycles. The molecule has 1 saturated carbocycles. The second kappa shape index (κ2) is 7.79. The van der Waals surface area contributed by atoms with E-state index < -0.39 is 0 Å². The third-order valence-electron chi connectivity index (χ3n) is 4.38. The summed E-state index contributed by atoms with van der Waals surface area (Å²) in [7, 11) is 0. The maximum Gasteiger partial charge on any atom is 0.237 e. The topological polar surface area (TPSA) is 44.4 Å². The Morgan fingerprint density at radius 2 is 2.25 bits per heavy atom. The van der Waals surface area contributed by atoms with Crippen LogP contribution in [-0.2, 0) is 4.79 Å². The molecule has 2 rings (SSSR count). The summed E-state index contributed by atoms with van der Waals surface area (Å²) >= 11 is 0. The molecule has 2 fully saturated rings. The third-order valence-corrected chi connectivity index (χ3v) is 4.38. The van der Waals surface area contributed by atoms with Crippen molar-refractivity contribution in [2.24, 2.45) is 5.92 Å².